The molecule has 2 N–H and O–H groups in total. The van der Waals surface area contributed by atoms with Crippen molar-refractivity contribution in [2.75, 3.05) is 19.5 Å². The lowest BCUT2D eigenvalue weighted by Crippen LogP contribution is -2.35. The number of dihydropyridines is 1. The summed E-state index contributed by atoms with van der Waals surface area (Å²) >= 11 is 0. The Labute approximate surface area is 186 Å². The number of benzene rings is 2. The van der Waals surface area contributed by atoms with E-state index < -0.39 is 17.6 Å². The summed E-state index contributed by atoms with van der Waals surface area (Å²) in [5.41, 5.74) is 3.11. The van der Waals surface area contributed by atoms with Crippen LogP contribution in [0.1, 0.15) is 37.7 Å². The minimum Gasteiger partial charge on any atom is -0.497 e. The lowest BCUT2D eigenvalue weighted by molar-refractivity contribution is -0.116. The number of hydrogen-bond acceptors (Lipinski definition) is 5. The number of hydrogen-bond donors (Lipinski definition) is 2. The zero-order valence-corrected chi connectivity index (χ0v) is 18.3. The summed E-state index contributed by atoms with van der Waals surface area (Å²) in [4.78, 5) is 26.5. The van der Waals surface area contributed by atoms with Crippen LogP contribution in [-0.4, -0.2) is 25.9 Å². The van der Waals surface area contributed by atoms with Gasteiger partial charge < -0.3 is 20.1 Å². The van der Waals surface area contributed by atoms with Crippen molar-refractivity contribution in [2.45, 2.75) is 32.1 Å². The number of para-hydroxylation sites is 1. The Kier molecular flexibility index (Phi) is 5.99. The number of anilines is 1. The van der Waals surface area contributed by atoms with Crippen molar-refractivity contribution in [3.63, 3.8) is 0 Å². The summed E-state index contributed by atoms with van der Waals surface area (Å²) in [5, 5.41) is 5.93. The summed E-state index contributed by atoms with van der Waals surface area (Å²) in [6.45, 7) is 1.79. The molecule has 0 spiro atoms. The van der Waals surface area contributed by atoms with Gasteiger partial charge in [0, 0.05) is 40.6 Å². The van der Waals surface area contributed by atoms with Crippen LogP contribution in [0.4, 0.5) is 10.1 Å². The highest BCUT2D eigenvalue weighted by molar-refractivity contribution is 6.10. The lowest BCUT2D eigenvalue weighted by atomic mass is 9.74. The van der Waals surface area contributed by atoms with Crippen molar-refractivity contribution in [3.8, 4) is 11.5 Å². The first kappa shape index (κ1) is 21.6. The molecule has 1 heterocycles. The maximum absolute atomic E-state index is 14.2. The Hall–Kier alpha value is -3.61. The summed E-state index contributed by atoms with van der Waals surface area (Å²) in [5.74, 6) is -0.563. The van der Waals surface area contributed by atoms with Gasteiger partial charge >= 0.3 is 0 Å². The quantitative estimate of drug-likeness (QED) is 0.724. The molecular weight excluding hydrogens is 411 g/mol. The van der Waals surface area contributed by atoms with Gasteiger partial charge in [-0.3, -0.25) is 9.59 Å². The van der Waals surface area contributed by atoms with Crippen molar-refractivity contribution < 1.29 is 23.5 Å². The summed E-state index contributed by atoms with van der Waals surface area (Å²) in [7, 11) is 3.09. The van der Waals surface area contributed by atoms with Gasteiger partial charge in [-0.1, -0.05) is 18.2 Å². The van der Waals surface area contributed by atoms with Gasteiger partial charge in [0.25, 0.3) is 5.91 Å². The topological polar surface area (TPSA) is 76.7 Å². The van der Waals surface area contributed by atoms with Crippen LogP contribution in [0.25, 0.3) is 0 Å². The molecule has 1 atom stereocenters. The average molecular weight is 436 g/mol. The van der Waals surface area contributed by atoms with Gasteiger partial charge in [-0.25, -0.2) is 4.39 Å². The normalized spacial score (nSPS) is 18.1. The van der Waals surface area contributed by atoms with E-state index in [1.165, 1.54) is 19.2 Å². The van der Waals surface area contributed by atoms with Crippen LogP contribution < -0.4 is 20.1 Å². The second-order valence-electron chi connectivity index (χ2n) is 7.81. The van der Waals surface area contributed by atoms with Crippen LogP contribution in [0.15, 0.2) is 65.0 Å². The number of ether oxygens (including phenoxy) is 2. The molecule has 0 bridgehead atoms. The van der Waals surface area contributed by atoms with E-state index in [-0.39, 0.29) is 11.5 Å². The Morgan fingerprint density at radius 2 is 1.91 bits per heavy atom. The zero-order valence-electron chi connectivity index (χ0n) is 18.3. The highest BCUT2D eigenvalue weighted by atomic mass is 19.1. The van der Waals surface area contributed by atoms with Crippen LogP contribution in [-0.2, 0) is 9.59 Å². The van der Waals surface area contributed by atoms with Gasteiger partial charge in [0.05, 0.1) is 25.8 Å². The predicted octanol–water partition coefficient (Wildman–Crippen LogP) is 4.45. The molecule has 2 aromatic rings. The van der Waals surface area contributed by atoms with Crippen LogP contribution in [0.3, 0.4) is 0 Å². The third-order valence-corrected chi connectivity index (χ3v) is 5.89. The first-order valence-electron chi connectivity index (χ1n) is 10.5. The summed E-state index contributed by atoms with van der Waals surface area (Å²) in [6.07, 6.45) is 1.88. The fourth-order valence-electron chi connectivity index (χ4n) is 4.40. The largest absolute Gasteiger partial charge is 0.497 e. The number of allylic oxidation sites excluding steroid dienone is 3. The van der Waals surface area contributed by atoms with Crippen LogP contribution in [0.2, 0.25) is 0 Å². The maximum Gasteiger partial charge on any atom is 0.254 e. The predicted molar refractivity (Wildman–Crippen MR) is 119 cm³/mol. The molecule has 0 saturated carbocycles. The maximum atomic E-state index is 14.2. The number of ketones is 1. The van der Waals surface area contributed by atoms with Gasteiger partial charge in [0.1, 0.15) is 17.3 Å². The van der Waals surface area contributed by atoms with Crippen molar-refractivity contribution in [2.24, 2.45) is 0 Å². The molecule has 0 saturated heterocycles. The minimum atomic E-state index is -0.647. The molecule has 2 aromatic carbocycles. The van der Waals surface area contributed by atoms with E-state index in [1.54, 1.807) is 38.3 Å². The Morgan fingerprint density at radius 3 is 2.62 bits per heavy atom. The zero-order chi connectivity index (χ0) is 22.8. The minimum absolute atomic E-state index is 0.00897. The van der Waals surface area contributed by atoms with E-state index in [9.17, 15) is 14.0 Å². The first-order chi connectivity index (χ1) is 15.4. The number of carbonyl (C=O) groups is 2. The molecule has 0 aromatic heterocycles. The van der Waals surface area contributed by atoms with Gasteiger partial charge in [-0.2, -0.15) is 0 Å². The van der Waals surface area contributed by atoms with E-state index in [2.05, 4.69) is 10.6 Å². The average Bonchev–Trinajstić information content (AvgIpc) is 2.79. The van der Waals surface area contributed by atoms with Crippen LogP contribution in [0, 0.1) is 5.82 Å². The number of carbonyl (C=O) groups excluding carboxylic acids is 2. The monoisotopic (exact) mass is 436 g/mol. The number of rotatable bonds is 5. The van der Waals surface area contributed by atoms with Crippen LogP contribution in [0.5, 0.6) is 11.5 Å². The number of nitrogens with one attached hydrogen (secondary N) is 2. The number of halogens is 1. The number of methoxy groups -OCH3 is 2. The van der Waals surface area contributed by atoms with Crippen molar-refractivity contribution in [1.82, 2.24) is 5.32 Å². The molecule has 0 radical (unpaired) electrons. The van der Waals surface area contributed by atoms with E-state index in [1.807, 2.05) is 6.07 Å². The molecule has 0 unspecified atom stereocenters. The Morgan fingerprint density at radius 1 is 1.12 bits per heavy atom. The Bertz CT molecular complexity index is 1150. The summed E-state index contributed by atoms with van der Waals surface area (Å²) < 4.78 is 25.1. The van der Waals surface area contributed by atoms with E-state index >= 15 is 0 Å². The van der Waals surface area contributed by atoms with E-state index in [0.29, 0.717) is 40.3 Å². The third kappa shape index (κ3) is 3.86. The fourth-order valence-corrected chi connectivity index (χ4v) is 4.40. The van der Waals surface area contributed by atoms with Gasteiger partial charge in [-0.15, -0.1) is 0 Å². The third-order valence-electron chi connectivity index (χ3n) is 5.89. The lowest BCUT2D eigenvalue weighted by Gasteiger charge is -2.35. The molecule has 4 rings (SSSR count). The molecule has 1 aliphatic heterocycles. The molecule has 1 aliphatic carbocycles. The molecule has 6 nitrogen and oxygen atoms in total. The molecule has 7 heteroatoms. The number of amides is 1. The standard InChI is InChI=1S/C25H25FN2O4/c1-14-22(25(30)28-18-8-5-4-7-17(18)26)23(24-19(27-14)9-6-10-20(24)29)16-12-11-15(31-2)13-21(16)32-3/h4-5,7-8,11-13,23,27H,6,9-10H2,1-3H3,(H,28,30)/t23-/m0/s1. The van der Waals surface area contributed by atoms with E-state index in [4.69, 9.17) is 9.47 Å². The van der Waals surface area contributed by atoms with Crippen molar-refractivity contribution >= 4 is 17.4 Å². The smallest absolute Gasteiger partial charge is 0.254 e. The first-order valence-corrected chi connectivity index (χ1v) is 10.5. The second kappa shape index (κ2) is 8.86. The van der Waals surface area contributed by atoms with E-state index in [0.717, 1.165) is 18.5 Å². The Balaban J connectivity index is 1.85. The SMILES string of the molecule is COc1ccc([C@H]2C(C(=O)Nc3ccccc3F)=C(C)NC3=C2C(=O)CCC3)c(OC)c1. The molecule has 166 valence electrons. The number of Topliss-reactive ketones (excluding diaryl/α,β-unsaturated/α-hetero) is 1. The molecule has 0 fully saturated rings. The van der Waals surface area contributed by atoms with Crippen LogP contribution >= 0.6 is 0 Å². The van der Waals surface area contributed by atoms with Gasteiger partial charge in [0.15, 0.2) is 5.78 Å². The highest BCUT2D eigenvalue weighted by Gasteiger charge is 2.39. The van der Waals surface area contributed by atoms with Gasteiger partial charge in [0.2, 0.25) is 0 Å². The molecular formula is C25H25FN2O4. The molecule has 2 aliphatic rings. The molecule has 1 amide bonds. The second-order valence-corrected chi connectivity index (χ2v) is 7.81. The fraction of sp³-hybridized carbons (Fsp3) is 0.280. The summed E-state index contributed by atoms with van der Waals surface area (Å²) in [6, 6.07) is 11.3. The molecule has 32 heavy (non-hydrogen) atoms. The van der Waals surface area contributed by atoms with Crippen molar-refractivity contribution in [3.05, 3.63) is 76.4 Å². The van der Waals surface area contributed by atoms with Crippen molar-refractivity contribution in [1.29, 1.82) is 0 Å². The van der Waals surface area contributed by atoms with Gasteiger partial charge in [-0.05, 0) is 38.0 Å². The highest BCUT2D eigenvalue weighted by Crippen LogP contribution is 2.46.